The van der Waals surface area contributed by atoms with Gasteiger partial charge in [0.25, 0.3) is 5.91 Å². The number of likely N-dealkylation sites (tertiary alicyclic amines) is 1. The summed E-state index contributed by atoms with van der Waals surface area (Å²) in [5.74, 6) is 0.855. The van der Waals surface area contributed by atoms with Crippen molar-refractivity contribution in [2.75, 3.05) is 13.1 Å². The predicted octanol–water partition coefficient (Wildman–Crippen LogP) is 5.76. The van der Waals surface area contributed by atoms with E-state index < -0.39 is 0 Å². The molecule has 1 saturated heterocycles. The molecule has 1 aliphatic heterocycles. The number of piperidine rings is 1. The molecular weight excluding hydrogens is 460 g/mol. The Hall–Kier alpha value is -3.48. The van der Waals surface area contributed by atoms with Gasteiger partial charge in [-0.05, 0) is 73.9 Å². The van der Waals surface area contributed by atoms with Gasteiger partial charge in [-0.2, -0.15) is 0 Å². The second-order valence-electron chi connectivity index (χ2n) is 9.01. The Kier molecular flexibility index (Phi) is 6.93. The SMILES string of the molecule is Cc1cccc(-c2nnc(-c3ccc(C(=O)NC4CCN(Cc5ccc(Cl)cc5)CC4)cc3)o2)c1. The Labute approximate surface area is 209 Å². The van der Waals surface area contributed by atoms with Gasteiger partial charge in [0, 0.05) is 47.4 Å². The molecule has 35 heavy (non-hydrogen) atoms. The highest BCUT2D eigenvalue weighted by atomic mass is 35.5. The molecule has 2 heterocycles. The van der Waals surface area contributed by atoms with Crippen molar-refractivity contribution in [2.24, 2.45) is 0 Å². The average Bonchev–Trinajstić information content (AvgIpc) is 3.37. The lowest BCUT2D eigenvalue weighted by Crippen LogP contribution is -2.44. The molecular formula is C28H27ClN4O2. The number of aryl methyl sites for hydroxylation is 1. The smallest absolute Gasteiger partial charge is 0.251 e. The molecule has 0 radical (unpaired) electrons. The highest BCUT2D eigenvalue weighted by molar-refractivity contribution is 6.30. The van der Waals surface area contributed by atoms with Crippen molar-refractivity contribution in [3.05, 3.63) is 94.5 Å². The van der Waals surface area contributed by atoms with Gasteiger partial charge in [0.05, 0.1) is 0 Å². The summed E-state index contributed by atoms with van der Waals surface area (Å²) in [5, 5.41) is 12.3. The zero-order valence-electron chi connectivity index (χ0n) is 19.6. The summed E-state index contributed by atoms with van der Waals surface area (Å²) in [7, 11) is 0. The lowest BCUT2D eigenvalue weighted by atomic mass is 10.0. The van der Waals surface area contributed by atoms with Gasteiger partial charge in [-0.1, -0.05) is 41.4 Å². The van der Waals surface area contributed by atoms with Crippen LogP contribution >= 0.6 is 11.6 Å². The minimum absolute atomic E-state index is 0.0568. The van der Waals surface area contributed by atoms with Gasteiger partial charge in [-0.25, -0.2) is 0 Å². The molecule has 178 valence electrons. The molecule has 4 aromatic rings. The van der Waals surface area contributed by atoms with Crippen LogP contribution in [-0.4, -0.2) is 40.1 Å². The van der Waals surface area contributed by atoms with Crippen LogP contribution in [0.15, 0.2) is 77.2 Å². The number of benzene rings is 3. The fraction of sp³-hybridized carbons (Fsp3) is 0.250. The van der Waals surface area contributed by atoms with E-state index in [0.717, 1.165) is 54.2 Å². The van der Waals surface area contributed by atoms with E-state index in [9.17, 15) is 4.79 Å². The number of nitrogens with zero attached hydrogens (tertiary/aromatic N) is 3. The van der Waals surface area contributed by atoms with Crippen LogP contribution in [0, 0.1) is 6.92 Å². The van der Waals surface area contributed by atoms with E-state index in [2.05, 4.69) is 32.5 Å². The zero-order chi connectivity index (χ0) is 24.2. The van der Waals surface area contributed by atoms with Crippen molar-refractivity contribution in [2.45, 2.75) is 32.4 Å². The summed E-state index contributed by atoms with van der Waals surface area (Å²) < 4.78 is 5.86. The Morgan fingerprint density at radius 2 is 1.66 bits per heavy atom. The molecule has 1 aromatic heterocycles. The molecule has 1 amide bonds. The van der Waals surface area contributed by atoms with Crippen LogP contribution in [0.5, 0.6) is 0 Å². The summed E-state index contributed by atoms with van der Waals surface area (Å²) >= 11 is 5.98. The second-order valence-corrected chi connectivity index (χ2v) is 9.45. The minimum Gasteiger partial charge on any atom is -0.416 e. The molecule has 5 rings (SSSR count). The third kappa shape index (κ3) is 5.78. The van der Waals surface area contributed by atoms with Crippen LogP contribution in [0.4, 0.5) is 0 Å². The van der Waals surface area contributed by atoms with Crippen molar-refractivity contribution < 1.29 is 9.21 Å². The highest BCUT2D eigenvalue weighted by Crippen LogP contribution is 2.25. The lowest BCUT2D eigenvalue weighted by Gasteiger charge is -2.32. The number of carbonyl (C=O) groups is 1. The maximum absolute atomic E-state index is 12.8. The van der Waals surface area contributed by atoms with Gasteiger partial charge >= 0.3 is 0 Å². The number of rotatable bonds is 6. The van der Waals surface area contributed by atoms with Crippen molar-refractivity contribution in [1.82, 2.24) is 20.4 Å². The second kappa shape index (κ2) is 10.4. The third-order valence-electron chi connectivity index (χ3n) is 6.33. The van der Waals surface area contributed by atoms with Gasteiger partial charge < -0.3 is 9.73 Å². The maximum Gasteiger partial charge on any atom is 0.251 e. The molecule has 0 atom stereocenters. The molecule has 1 fully saturated rings. The first-order valence-electron chi connectivity index (χ1n) is 11.8. The van der Waals surface area contributed by atoms with E-state index in [-0.39, 0.29) is 11.9 Å². The first-order valence-corrected chi connectivity index (χ1v) is 12.2. The quantitative estimate of drug-likeness (QED) is 0.375. The summed E-state index contributed by atoms with van der Waals surface area (Å²) in [6.07, 6.45) is 1.86. The number of hydrogen-bond donors (Lipinski definition) is 1. The van der Waals surface area contributed by atoms with Gasteiger partial charge in [0.2, 0.25) is 11.8 Å². The van der Waals surface area contributed by atoms with Crippen LogP contribution in [-0.2, 0) is 6.54 Å². The topological polar surface area (TPSA) is 71.3 Å². The van der Waals surface area contributed by atoms with E-state index in [4.69, 9.17) is 16.0 Å². The van der Waals surface area contributed by atoms with Crippen LogP contribution in [0.25, 0.3) is 22.9 Å². The van der Waals surface area contributed by atoms with Crippen LogP contribution in [0.3, 0.4) is 0 Å². The lowest BCUT2D eigenvalue weighted by molar-refractivity contribution is 0.0909. The van der Waals surface area contributed by atoms with Gasteiger partial charge in [0.1, 0.15) is 0 Å². The van der Waals surface area contributed by atoms with Crippen molar-refractivity contribution in [1.29, 1.82) is 0 Å². The number of carbonyl (C=O) groups excluding carboxylic acids is 1. The van der Waals surface area contributed by atoms with E-state index >= 15 is 0 Å². The normalized spacial score (nSPS) is 14.7. The predicted molar refractivity (Wildman–Crippen MR) is 137 cm³/mol. The molecule has 1 N–H and O–H groups in total. The standard InChI is InChI=1S/C28H27ClN4O2/c1-19-3-2-4-23(17-19)28-32-31-27(35-28)22-9-7-21(8-10-22)26(34)30-25-13-15-33(16-14-25)18-20-5-11-24(29)12-6-20/h2-12,17,25H,13-16,18H2,1H3,(H,30,34). The van der Waals surface area contributed by atoms with E-state index in [1.54, 1.807) is 12.1 Å². The fourth-order valence-corrected chi connectivity index (χ4v) is 4.48. The van der Waals surface area contributed by atoms with Crippen LogP contribution in [0.1, 0.15) is 34.3 Å². The third-order valence-corrected chi connectivity index (χ3v) is 6.58. The van der Waals surface area contributed by atoms with Crippen LogP contribution in [0.2, 0.25) is 5.02 Å². The Morgan fingerprint density at radius 3 is 2.34 bits per heavy atom. The minimum atomic E-state index is -0.0568. The summed E-state index contributed by atoms with van der Waals surface area (Å²) in [5.41, 5.74) is 4.67. The first kappa shape index (κ1) is 23.3. The number of aromatic nitrogens is 2. The first-order chi connectivity index (χ1) is 17.0. The largest absolute Gasteiger partial charge is 0.416 e. The van der Waals surface area contributed by atoms with Crippen molar-refractivity contribution in [3.8, 4) is 22.9 Å². The molecule has 3 aromatic carbocycles. The van der Waals surface area contributed by atoms with Gasteiger partial charge in [-0.15, -0.1) is 10.2 Å². The maximum atomic E-state index is 12.8. The average molecular weight is 487 g/mol. The summed E-state index contributed by atoms with van der Waals surface area (Å²) in [6, 6.07) is 23.4. The van der Waals surface area contributed by atoms with E-state index in [1.807, 2.05) is 55.5 Å². The molecule has 0 spiro atoms. The Balaban J connectivity index is 1.15. The molecule has 0 aliphatic carbocycles. The molecule has 6 nitrogen and oxygen atoms in total. The highest BCUT2D eigenvalue weighted by Gasteiger charge is 2.21. The Bertz CT molecular complexity index is 1290. The summed E-state index contributed by atoms with van der Waals surface area (Å²) in [4.78, 5) is 15.2. The number of amides is 1. The molecule has 1 aliphatic rings. The molecule has 7 heteroatoms. The number of hydrogen-bond acceptors (Lipinski definition) is 5. The van der Waals surface area contributed by atoms with Gasteiger partial charge in [-0.3, -0.25) is 9.69 Å². The monoisotopic (exact) mass is 486 g/mol. The van der Waals surface area contributed by atoms with Crippen molar-refractivity contribution >= 4 is 17.5 Å². The molecule has 0 bridgehead atoms. The molecule has 0 unspecified atom stereocenters. The zero-order valence-corrected chi connectivity index (χ0v) is 20.3. The van der Waals surface area contributed by atoms with Crippen molar-refractivity contribution in [3.63, 3.8) is 0 Å². The fourth-order valence-electron chi connectivity index (χ4n) is 4.35. The van der Waals surface area contributed by atoms with E-state index in [1.165, 1.54) is 5.56 Å². The molecule has 0 saturated carbocycles. The van der Waals surface area contributed by atoms with Gasteiger partial charge in [0.15, 0.2) is 0 Å². The Morgan fingerprint density at radius 1 is 0.971 bits per heavy atom. The number of halogens is 1. The summed E-state index contributed by atoms with van der Waals surface area (Å²) in [6.45, 7) is 4.83. The van der Waals surface area contributed by atoms with Crippen LogP contribution < -0.4 is 5.32 Å². The van der Waals surface area contributed by atoms with E-state index in [0.29, 0.717) is 17.3 Å². The number of nitrogens with one attached hydrogen (secondary N) is 1.